The zero-order valence-electron chi connectivity index (χ0n) is 19.5. The molecule has 2 heterocycles. The Kier molecular flexibility index (Phi) is 6.53. The number of aromatic nitrogens is 2. The van der Waals surface area contributed by atoms with Gasteiger partial charge in [0.15, 0.2) is 0 Å². The fourth-order valence-corrected chi connectivity index (χ4v) is 4.70. The number of hydrogen-bond acceptors (Lipinski definition) is 7. The molecule has 1 aromatic heterocycles. The first kappa shape index (κ1) is 23.1. The van der Waals surface area contributed by atoms with E-state index in [9.17, 15) is 4.79 Å². The van der Waals surface area contributed by atoms with Crippen LogP contribution in [0, 0.1) is 5.92 Å². The van der Waals surface area contributed by atoms with Crippen molar-refractivity contribution < 1.29 is 14.3 Å². The Hall–Kier alpha value is -3.68. The van der Waals surface area contributed by atoms with Crippen LogP contribution in [-0.4, -0.2) is 22.2 Å². The lowest BCUT2D eigenvalue weighted by Crippen LogP contribution is -2.39. The van der Waals surface area contributed by atoms with Crippen LogP contribution >= 0.6 is 11.8 Å². The number of carbonyl (C=O) groups excluding carboxylic acids is 1. The molecule has 0 radical (unpaired) electrons. The van der Waals surface area contributed by atoms with E-state index >= 15 is 0 Å². The average Bonchev–Trinajstić information content (AvgIpc) is 2.88. The maximum atomic E-state index is 12.5. The number of benzene rings is 3. The molecule has 0 amide bonds. The van der Waals surface area contributed by atoms with Crippen LogP contribution < -0.4 is 15.2 Å². The van der Waals surface area contributed by atoms with Crippen molar-refractivity contribution in [3.05, 3.63) is 90.0 Å². The van der Waals surface area contributed by atoms with Gasteiger partial charge in [0, 0.05) is 17.5 Å². The smallest absolute Gasteiger partial charge is 0.329 e. The Morgan fingerprint density at radius 3 is 2.49 bits per heavy atom. The summed E-state index contributed by atoms with van der Waals surface area (Å²) in [6.45, 7) is 3.75. The number of nitrogens with zero attached hydrogens (tertiary/aromatic N) is 2. The summed E-state index contributed by atoms with van der Waals surface area (Å²) in [6, 6.07) is 25.1. The van der Waals surface area contributed by atoms with Gasteiger partial charge in [-0.1, -0.05) is 68.1 Å². The Morgan fingerprint density at radius 1 is 0.943 bits per heavy atom. The third-order valence-corrected chi connectivity index (χ3v) is 6.88. The molecule has 35 heavy (non-hydrogen) atoms. The lowest BCUT2D eigenvalue weighted by molar-refractivity contribution is -0.137. The summed E-state index contributed by atoms with van der Waals surface area (Å²) in [6.07, 6.45) is 0.541. The number of esters is 1. The third kappa shape index (κ3) is 5.06. The topological polar surface area (TPSA) is 87.3 Å². The van der Waals surface area contributed by atoms with Gasteiger partial charge in [-0.2, -0.15) is 0 Å². The van der Waals surface area contributed by atoms with Crippen molar-refractivity contribution in [1.29, 1.82) is 0 Å². The van der Waals surface area contributed by atoms with Crippen LogP contribution in [0.3, 0.4) is 0 Å². The molecule has 0 fully saturated rings. The summed E-state index contributed by atoms with van der Waals surface area (Å²) in [4.78, 5) is 14.6. The zero-order valence-corrected chi connectivity index (χ0v) is 20.3. The van der Waals surface area contributed by atoms with Crippen molar-refractivity contribution in [2.75, 3.05) is 0 Å². The Labute approximate surface area is 208 Å². The van der Waals surface area contributed by atoms with Gasteiger partial charge in [-0.25, -0.2) is 4.79 Å². The lowest BCUT2D eigenvalue weighted by atomic mass is 10.0. The van der Waals surface area contributed by atoms with E-state index < -0.39 is 12.0 Å². The van der Waals surface area contributed by atoms with E-state index in [1.54, 1.807) is 11.8 Å². The number of para-hydroxylation sites is 1. The van der Waals surface area contributed by atoms with Crippen LogP contribution in [0.5, 0.6) is 17.4 Å². The number of ether oxygens (including phenoxy) is 2. The van der Waals surface area contributed by atoms with E-state index in [0.717, 1.165) is 38.0 Å². The molecule has 1 atom stereocenters. The molecule has 5 rings (SSSR count). The van der Waals surface area contributed by atoms with Crippen molar-refractivity contribution in [2.45, 2.75) is 36.1 Å². The van der Waals surface area contributed by atoms with Crippen molar-refractivity contribution in [2.24, 2.45) is 11.7 Å². The normalized spacial score (nSPS) is 12.9. The van der Waals surface area contributed by atoms with Crippen LogP contribution in [0.1, 0.15) is 25.0 Å². The largest absolute Gasteiger partial charge is 0.455 e. The molecule has 3 aromatic carbocycles. The summed E-state index contributed by atoms with van der Waals surface area (Å²) in [7, 11) is 0. The fraction of sp³-hybridized carbons (Fsp3) is 0.179. The summed E-state index contributed by atoms with van der Waals surface area (Å²) >= 11 is 1.66. The Morgan fingerprint density at radius 2 is 1.69 bits per heavy atom. The highest BCUT2D eigenvalue weighted by Gasteiger charge is 2.23. The van der Waals surface area contributed by atoms with Gasteiger partial charge in [-0.15, -0.1) is 10.2 Å². The SMILES string of the molecule is CC(C)[C@H](N)C(=O)Oc1nnc(-c2ccc3c(c2)Sc2ccccc2O3)cc1Cc1ccccc1. The standard InChI is InChI=1S/C28H25N3O3S/c1-17(2)26(29)28(32)34-27-20(14-18-8-4-3-5-9-18)15-21(30-31-27)19-12-13-23-25(16-19)35-24-11-7-6-10-22(24)33-23/h3-13,15-17,26H,14,29H2,1-2H3/t26-/m0/s1. The van der Waals surface area contributed by atoms with Gasteiger partial charge >= 0.3 is 5.97 Å². The van der Waals surface area contributed by atoms with E-state index in [1.165, 1.54) is 0 Å². The predicted octanol–water partition coefficient (Wildman–Crippen LogP) is 5.88. The number of carbonyl (C=O) groups is 1. The van der Waals surface area contributed by atoms with Crippen molar-refractivity contribution in [3.63, 3.8) is 0 Å². The lowest BCUT2D eigenvalue weighted by Gasteiger charge is -2.20. The van der Waals surface area contributed by atoms with Gasteiger partial charge in [0.2, 0.25) is 5.88 Å². The van der Waals surface area contributed by atoms with Crippen LogP contribution in [-0.2, 0) is 11.2 Å². The molecular weight excluding hydrogens is 458 g/mol. The molecule has 176 valence electrons. The van der Waals surface area contributed by atoms with E-state index in [2.05, 4.69) is 10.2 Å². The maximum Gasteiger partial charge on any atom is 0.329 e. The number of rotatable bonds is 6. The number of hydrogen-bond donors (Lipinski definition) is 1. The molecule has 0 spiro atoms. The van der Waals surface area contributed by atoms with Crippen LogP contribution in [0.15, 0.2) is 88.7 Å². The first-order valence-corrected chi connectivity index (χ1v) is 12.3. The van der Waals surface area contributed by atoms with Crippen molar-refractivity contribution in [1.82, 2.24) is 10.2 Å². The quantitative estimate of drug-likeness (QED) is 0.302. The Bertz CT molecular complexity index is 1380. The van der Waals surface area contributed by atoms with E-state index in [1.807, 2.05) is 92.7 Å². The summed E-state index contributed by atoms with van der Waals surface area (Å²) in [5, 5.41) is 8.68. The highest BCUT2D eigenvalue weighted by molar-refractivity contribution is 7.99. The highest BCUT2D eigenvalue weighted by Crippen LogP contribution is 2.47. The number of nitrogens with two attached hydrogens (primary N) is 1. The molecule has 1 aliphatic heterocycles. The first-order chi connectivity index (χ1) is 17.0. The van der Waals surface area contributed by atoms with Gasteiger partial charge in [0.25, 0.3) is 0 Å². The molecule has 7 heteroatoms. The average molecular weight is 484 g/mol. The monoisotopic (exact) mass is 483 g/mol. The van der Waals surface area contributed by atoms with E-state index in [-0.39, 0.29) is 11.8 Å². The summed E-state index contributed by atoms with van der Waals surface area (Å²) < 4.78 is 11.6. The molecule has 4 aromatic rings. The van der Waals surface area contributed by atoms with Gasteiger partial charge in [-0.05, 0) is 47.9 Å². The molecule has 1 aliphatic rings. The fourth-order valence-electron chi connectivity index (χ4n) is 3.71. The van der Waals surface area contributed by atoms with Crippen LogP contribution in [0.2, 0.25) is 0 Å². The minimum atomic E-state index is -0.735. The summed E-state index contributed by atoms with van der Waals surface area (Å²) in [5.74, 6) is 1.28. The molecule has 2 N–H and O–H groups in total. The highest BCUT2D eigenvalue weighted by atomic mass is 32.2. The van der Waals surface area contributed by atoms with E-state index in [4.69, 9.17) is 15.2 Å². The molecule has 0 saturated carbocycles. The van der Waals surface area contributed by atoms with Crippen LogP contribution in [0.4, 0.5) is 0 Å². The molecular formula is C28H25N3O3S. The van der Waals surface area contributed by atoms with Crippen molar-refractivity contribution in [3.8, 4) is 28.6 Å². The second kappa shape index (κ2) is 9.90. The molecule has 0 unspecified atom stereocenters. The third-order valence-electron chi connectivity index (χ3n) is 5.79. The molecule has 0 aliphatic carbocycles. The first-order valence-electron chi connectivity index (χ1n) is 11.4. The van der Waals surface area contributed by atoms with E-state index in [0.29, 0.717) is 12.1 Å². The minimum absolute atomic E-state index is 0.0485. The molecule has 6 nitrogen and oxygen atoms in total. The second-order valence-electron chi connectivity index (χ2n) is 8.73. The predicted molar refractivity (Wildman–Crippen MR) is 136 cm³/mol. The van der Waals surface area contributed by atoms with Crippen LogP contribution in [0.25, 0.3) is 11.3 Å². The van der Waals surface area contributed by atoms with Gasteiger partial charge in [0.05, 0.1) is 15.5 Å². The maximum absolute atomic E-state index is 12.5. The molecule has 0 saturated heterocycles. The second-order valence-corrected chi connectivity index (χ2v) is 9.81. The Balaban J connectivity index is 1.48. The van der Waals surface area contributed by atoms with Crippen molar-refractivity contribution >= 4 is 17.7 Å². The summed E-state index contributed by atoms with van der Waals surface area (Å²) in [5.41, 5.74) is 9.41. The van der Waals surface area contributed by atoms with Gasteiger partial charge < -0.3 is 15.2 Å². The molecule has 0 bridgehead atoms. The zero-order chi connectivity index (χ0) is 24.4. The number of fused-ring (bicyclic) bond motifs is 2. The van der Waals surface area contributed by atoms with Gasteiger partial charge in [-0.3, -0.25) is 0 Å². The van der Waals surface area contributed by atoms with Gasteiger partial charge in [0.1, 0.15) is 17.5 Å². The minimum Gasteiger partial charge on any atom is -0.455 e.